The normalized spacial score (nSPS) is 35.9. The second kappa shape index (κ2) is 2.31. The average Bonchev–Trinajstić information content (AvgIpc) is 2.79. The van der Waals surface area contributed by atoms with Gasteiger partial charge in [0.1, 0.15) is 0 Å². The molecule has 0 unspecified atom stereocenters. The van der Waals surface area contributed by atoms with E-state index in [9.17, 15) is 4.79 Å². The van der Waals surface area contributed by atoms with Crippen LogP contribution in [0.5, 0.6) is 0 Å². The van der Waals surface area contributed by atoms with Gasteiger partial charge in [0.05, 0.1) is 6.04 Å². The van der Waals surface area contributed by atoms with Gasteiger partial charge in [-0.3, -0.25) is 4.79 Å². The minimum Gasteiger partial charge on any atom is -0.301 e. The SMILES string of the molecule is CC(C)C(=O)[C@@H]1N[C@H]1C1CC1. The van der Waals surface area contributed by atoms with Crippen LogP contribution in [0, 0.1) is 11.8 Å². The molecule has 2 atom stereocenters. The van der Waals surface area contributed by atoms with E-state index in [1.165, 1.54) is 12.8 Å². The lowest BCUT2D eigenvalue weighted by atomic mass is 10.0. The third-order valence-electron chi connectivity index (χ3n) is 2.63. The van der Waals surface area contributed by atoms with Crippen molar-refractivity contribution in [1.29, 1.82) is 0 Å². The van der Waals surface area contributed by atoms with E-state index in [0.717, 1.165) is 5.92 Å². The predicted octanol–water partition coefficient (Wildman–Crippen LogP) is 0.962. The van der Waals surface area contributed by atoms with Gasteiger partial charge in [0, 0.05) is 12.0 Å². The van der Waals surface area contributed by atoms with Crippen LogP contribution in [0.15, 0.2) is 0 Å². The Morgan fingerprint density at radius 3 is 2.55 bits per heavy atom. The Balaban J connectivity index is 1.85. The summed E-state index contributed by atoms with van der Waals surface area (Å²) in [4.78, 5) is 11.4. The zero-order chi connectivity index (χ0) is 8.01. The Morgan fingerprint density at radius 1 is 1.45 bits per heavy atom. The van der Waals surface area contributed by atoms with Crippen molar-refractivity contribution in [3.05, 3.63) is 0 Å². The van der Waals surface area contributed by atoms with Crippen molar-refractivity contribution < 1.29 is 4.79 Å². The molecule has 0 aromatic heterocycles. The van der Waals surface area contributed by atoms with Gasteiger partial charge in [-0.2, -0.15) is 0 Å². The topological polar surface area (TPSA) is 39.0 Å². The average molecular weight is 153 g/mol. The first kappa shape index (κ1) is 7.29. The van der Waals surface area contributed by atoms with Gasteiger partial charge >= 0.3 is 0 Å². The number of hydrogen-bond acceptors (Lipinski definition) is 2. The molecule has 0 aromatic carbocycles. The van der Waals surface area contributed by atoms with Gasteiger partial charge in [0.2, 0.25) is 0 Å². The molecule has 0 spiro atoms. The molecule has 62 valence electrons. The zero-order valence-electron chi connectivity index (χ0n) is 7.13. The van der Waals surface area contributed by atoms with Gasteiger partial charge in [0.25, 0.3) is 0 Å². The first-order valence-electron chi connectivity index (χ1n) is 4.50. The van der Waals surface area contributed by atoms with Crippen LogP contribution in [0.2, 0.25) is 0 Å². The standard InChI is InChI=1S/C9H15NO/c1-5(2)9(11)8-7(10-8)6-3-4-6/h5-8,10H,3-4H2,1-2H3/t7-,8+/m0/s1. The molecule has 2 aliphatic rings. The number of hydrogen-bond donors (Lipinski definition) is 1. The van der Waals surface area contributed by atoms with Crippen LogP contribution >= 0.6 is 0 Å². The smallest absolute Gasteiger partial charge is 0.153 e. The molecule has 11 heavy (non-hydrogen) atoms. The lowest BCUT2D eigenvalue weighted by Crippen LogP contribution is -2.17. The molecular formula is C9H15NO. The fourth-order valence-electron chi connectivity index (χ4n) is 1.63. The van der Waals surface area contributed by atoms with E-state index < -0.39 is 0 Å². The van der Waals surface area contributed by atoms with Crippen molar-refractivity contribution in [1.82, 2.24) is 5.32 Å². The predicted molar refractivity (Wildman–Crippen MR) is 43.3 cm³/mol. The van der Waals surface area contributed by atoms with E-state index in [1.54, 1.807) is 0 Å². The molecule has 1 heterocycles. The quantitative estimate of drug-likeness (QED) is 0.613. The number of carbonyl (C=O) groups is 1. The number of ketones is 1. The lowest BCUT2D eigenvalue weighted by Gasteiger charge is -1.99. The highest BCUT2D eigenvalue weighted by atomic mass is 16.1. The van der Waals surface area contributed by atoms with Crippen molar-refractivity contribution in [2.24, 2.45) is 11.8 Å². The molecule has 0 bridgehead atoms. The monoisotopic (exact) mass is 153 g/mol. The van der Waals surface area contributed by atoms with Gasteiger partial charge < -0.3 is 5.32 Å². The summed E-state index contributed by atoms with van der Waals surface area (Å²) in [6.07, 6.45) is 2.67. The second-order valence-corrected chi connectivity index (χ2v) is 4.06. The molecule has 1 aliphatic heterocycles. The zero-order valence-corrected chi connectivity index (χ0v) is 7.13. The van der Waals surface area contributed by atoms with Gasteiger partial charge in [-0.25, -0.2) is 0 Å². The highest BCUT2D eigenvalue weighted by Crippen LogP contribution is 2.40. The second-order valence-electron chi connectivity index (χ2n) is 4.06. The number of nitrogens with one attached hydrogen (secondary N) is 1. The van der Waals surface area contributed by atoms with E-state index in [1.807, 2.05) is 13.8 Å². The Hall–Kier alpha value is -0.370. The molecule has 1 aliphatic carbocycles. The largest absolute Gasteiger partial charge is 0.301 e. The van der Waals surface area contributed by atoms with Crippen LogP contribution in [-0.4, -0.2) is 17.9 Å². The first-order chi connectivity index (χ1) is 5.20. The minimum atomic E-state index is 0.205. The minimum absolute atomic E-state index is 0.205. The molecule has 1 saturated carbocycles. The van der Waals surface area contributed by atoms with E-state index in [4.69, 9.17) is 0 Å². The molecular weight excluding hydrogens is 138 g/mol. The van der Waals surface area contributed by atoms with Crippen LogP contribution in [0.3, 0.4) is 0 Å². The Kier molecular flexibility index (Phi) is 1.53. The van der Waals surface area contributed by atoms with Gasteiger partial charge in [0.15, 0.2) is 5.78 Å². The van der Waals surface area contributed by atoms with Crippen molar-refractivity contribution in [3.8, 4) is 0 Å². The van der Waals surface area contributed by atoms with Crippen molar-refractivity contribution in [3.63, 3.8) is 0 Å². The van der Waals surface area contributed by atoms with E-state index in [2.05, 4.69) is 5.32 Å². The van der Waals surface area contributed by atoms with E-state index >= 15 is 0 Å². The summed E-state index contributed by atoms with van der Waals surface area (Å²) in [6, 6.07) is 0.785. The van der Waals surface area contributed by atoms with E-state index in [0.29, 0.717) is 11.8 Å². The first-order valence-corrected chi connectivity index (χ1v) is 4.50. The Morgan fingerprint density at radius 2 is 2.09 bits per heavy atom. The molecule has 0 aromatic rings. The summed E-state index contributed by atoms with van der Waals surface area (Å²) in [5.74, 6) is 1.45. The van der Waals surface area contributed by atoms with Crippen LogP contribution < -0.4 is 5.32 Å². The van der Waals surface area contributed by atoms with Crippen LogP contribution in [0.4, 0.5) is 0 Å². The van der Waals surface area contributed by atoms with Gasteiger partial charge in [-0.1, -0.05) is 13.8 Å². The summed E-state index contributed by atoms with van der Waals surface area (Å²) in [6.45, 7) is 3.96. The van der Waals surface area contributed by atoms with Crippen molar-refractivity contribution in [2.45, 2.75) is 38.8 Å². The van der Waals surface area contributed by atoms with Crippen molar-refractivity contribution in [2.75, 3.05) is 0 Å². The molecule has 1 N–H and O–H groups in total. The van der Waals surface area contributed by atoms with Gasteiger partial charge in [-0.15, -0.1) is 0 Å². The van der Waals surface area contributed by atoms with Gasteiger partial charge in [-0.05, 0) is 18.8 Å². The third kappa shape index (κ3) is 1.32. The highest BCUT2D eigenvalue weighted by Gasteiger charge is 2.50. The number of carbonyl (C=O) groups excluding carboxylic acids is 1. The van der Waals surface area contributed by atoms with Crippen LogP contribution in [-0.2, 0) is 4.79 Å². The molecule has 2 heteroatoms. The summed E-state index contributed by atoms with van der Waals surface area (Å²) in [7, 11) is 0. The lowest BCUT2D eigenvalue weighted by molar-refractivity contribution is -0.121. The van der Waals surface area contributed by atoms with Crippen molar-refractivity contribution >= 4 is 5.78 Å². The Bertz CT molecular complexity index is 184. The molecule has 0 amide bonds. The molecule has 0 radical (unpaired) electrons. The maximum Gasteiger partial charge on any atom is 0.153 e. The van der Waals surface area contributed by atoms with E-state index in [-0.39, 0.29) is 12.0 Å². The maximum atomic E-state index is 11.4. The molecule has 2 nitrogen and oxygen atoms in total. The highest BCUT2D eigenvalue weighted by molar-refractivity contribution is 5.89. The summed E-state index contributed by atoms with van der Waals surface area (Å²) in [5.41, 5.74) is 0. The number of rotatable bonds is 3. The molecule has 2 rings (SSSR count). The fraction of sp³-hybridized carbons (Fsp3) is 0.889. The Labute approximate surface area is 67.4 Å². The summed E-state index contributed by atoms with van der Waals surface area (Å²) < 4.78 is 0. The summed E-state index contributed by atoms with van der Waals surface area (Å²) >= 11 is 0. The molecule has 1 saturated heterocycles. The molecule has 2 fully saturated rings. The number of Topliss-reactive ketones (excluding diaryl/α,β-unsaturated/α-hetero) is 1. The van der Waals surface area contributed by atoms with Crippen LogP contribution in [0.1, 0.15) is 26.7 Å². The summed E-state index contributed by atoms with van der Waals surface area (Å²) in [5, 5.41) is 3.26. The van der Waals surface area contributed by atoms with Crippen LogP contribution in [0.25, 0.3) is 0 Å². The fourth-order valence-corrected chi connectivity index (χ4v) is 1.63. The third-order valence-corrected chi connectivity index (χ3v) is 2.63. The maximum absolute atomic E-state index is 11.4.